The fourth-order valence-electron chi connectivity index (χ4n) is 2.99. The molecule has 30 heavy (non-hydrogen) atoms. The largest absolute Gasteiger partial charge is 0.492 e. The SMILES string of the molecule is Cc1nc(C)c(C=C(CNC(=O)OCc2ccccc2)B2OC(C)(C)C(C)(C)O2)s1. The summed E-state index contributed by atoms with van der Waals surface area (Å²) in [6.45, 7) is 12.4. The van der Waals surface area contributed by atoms with Crippen molar-refractivity contribution < 1.29 is 18.8 Å². The molecule has 0 saturated carbocycles. The maximum Gasteiger partial charge on any atom is 0.492 e. The number of thiazole rings is 1. The molecule has 2 heterocycles. The van der Waals surface area contributed by atoms with E-state index in [1.807, 2.05) is 78.0 Å². The van der Waals surface area contributed by atoms with E-state index in [-0.39, 0.29) is 13.2 Å². The van der Waals surface area contributed by atoms with Crippen LogP contribution in [0, 0.1) is 13.8 Å². The number of carbonyl (C=O) groups is 1. The molecule has 1 aliphatic rings. The number of carbonyl (C=O) groups excluding carboxylic acids is 1. The minimum atomic E-state index is -0.564. The number of amides is 1. The van der Waals surface area contributed by atoms with Crippen LogP contribution >= 0.6 is 11.3 Å². The van der Waals surface area contributed by atoms with E-state index in [1.165, 1.54) is 0 Å². The number of nitrogens with zero attached hydrogens (tertiary/aromatic N) is 1. The standard InChI is InChI=1S/C22H29BN2O4S/c1-15-19(30-16(2)25-15)12-18(23-28-21(3,4)22(5,6)29-23)13-24-20(26)27-14-17-10-8-7-9-11-17/h7-12H,13-14H2,1-6H3,(H,24,26). The number of hydrogen-bond acceptors (Lipinski definition) is 6. The van der Waals surface area contributed by atoms with Gasteiger partial charge in [0.25, 0.3) is 0 Å². The lowest BCUT2D eigenvalue weighted by molar-refractivity contribution is 0.00578. The number of rotatable bonds is 6. The van der Waals surface area contributed by atoms with Gasteiger partial charge in [0.05, 0.1) is 21.9 Å². The highest BCUT2D eigenvalue weighted by Gasteiger charge is 2.52. The van der Waals surface area contributed by atoms with E-state index < -0.39 is 24.4 Å². The highest BCUT2D eigenvalue weighted by Crippen LogP contribution is 2.39. The van der Waals surface area contributed by atoms with Crippen LogP contribution in [0.5, 0.6) is 0 Å². The zero-order chi connectivity index (χ0) is 21.9. The Morgan fingerprint density at radius 1 is 1.17 bits per heavy atom. The molecule has 1 N–H and O–H groups in total. The third kappa shape index (κ3) is 5.30. The minimum Gasteiger partial charge on any atom is -0.445 e. The molecule has 0 radical (unpaired) electrons. The average Bonchev–Trinajstić information content (AvgIpc) is 3.10. The maximum atomic E-state index is 12.3. The number of hydrogen-bond donors (Lipinski definition) is 1. The Morgan fingerprint density at radius 3 is 2.37 bits per heavy atom. The van der Waals surface area contributed by atoms with Gasteiger partial charge in [-0.1, -0.05) is 30.3 Å². The fraction of sp³-hybridized carbons (Fsp3) is 0.455. The van der Waals surface area contributed by atoms with Gasteiger partial charge >= 0.3 is 13.2 Å². The van der Waals surface area contributed by atoms with Crippen molar-refractivity contribution in [2.75, 3.05) is 6.54 Å². The third-order valence-corrected chi connectivity index (χ3v) is 6.48. The van der Waals surface area contributed by atoms with E-state index in [9.17, 15) is 4.79 Å². The van der Waals surface area contributed by atoms with E-state index in [1.54, 1.807) is 11.3 Å². The second kappa shape index (κ2) is 8.92. The molecule has 8 heteroatoms. The molecule has 0 aliphatic carbocycles. The first-order chi connectivity index (χ1) is 14.1. The first-order valence-electron chi connectivity index (χ1n) is 10.0. The molecule has 0 unspecified atom stereocenters. The zero-order valence-electron chi connectivity index (χ0n) is 18.4. The van der Waals surface area contributed by atoms with Gasteiger partial charge in [-0.2, -0.15) is 0 Å². The van der Waals surface area contributed by atoms with Crippen LogP contribution in [0.2, 0.25) is 0 Å². The van der Waals surface area contributed by atoms with Gasteiger partial charge < -0.3 is 19.4 Å². The highest BCUT2D eigenvalue weighted by molar-refractivity contribution is 7.12. The molecule has 0 atom stereocenters. The Bertz CT molecular complexity index is 908. The number of aryl methyl sites for hydroxylation is 2. The van der Waals surface area contributed by atoms with Crippen molar-refractivity contribution in [2.45, 2.75) is 59.4 Å². The molecule has 1 amide bonds. The van der Waals surface area contributed by atoms with E-state index in [2.05, 4.69) is 10.3 Å². The number of alkyl carbamates (subject to hydrolysis) is 1. The van der Waals surface area contributed by atoms with Crippen LogP contribution in [0.3, 0.4) is 0 Å². The van der Waals surface area contributed by atoms with Crippen molar-refractivity contribution in [2.24, 2.45) is 0 Å². The van der Waals surface area contributed by atoms with Crippen molar-refractivity contribution in [3.8, 4) is 0 Å². The summed E-state index contributed by atoms with van der Waals surface area (Å²) >= 11 is 1.60. The molecular weight excluding hydrogens is 399 g/mol. The van der Waals surface area contributed by atoms with Crippen LogP contribution in [0.25, 0.3) is 6.08 Å². The summed E-state index contributed by atoms with van der Waals surface area (Å²) < 4.78 is 17.7. The van der Waals surface area contributed by atoms with Gasteiger partial charge in [-0.05, 0) is 58.7 Å². The highest BCUT2D eigenvalue weighted by atomic mass is 32.1. The Balaban J connectivity index is 1.72. The lowest BCUT2D eigenvalue weighted by Crippen LogP contribution is -2.41. The van der Waals surface area contributed by atoms with Crippen molar-refractivity contribution in [3.05, 3.63) is 56.9 Å². The smallest absolute Gasteiger partial charge is 0.445 e. The van der Waals surface area contributed by atoms with Crippen LogP contribution < -0.4 is 5.32 Å². The summed E-state index contributed by atoms with van der Waals surface area (Å²) in [7, 11) is -0.564. The quantitative estimate of drug-likeness (QED) is 0.676. The van der Waals surface area contributed by atoms with E-state index >= 15 is 0 Å². The lowest BCUT2D eigenvalue weighted by Gasteiger charge is -2.32. The Morgan fingerprint density at radius 2 is 1.80 bits per heavy atom. The molecule has 1 aromatic carbocycles. The first kappa shape index (κ1) is 22.5. The number of benzene rings is 1. The number of aromatic nitrogens is 1. The Kier molecular flexibility index (Phi) is 6.70. The summed E-state index contributed by atoms with van der Waals surface area (Å²) in [5.74, 6) is 0. The topological polar surface area (TPSA) is 69.7 Å². The van der Waals surface area contributed by atoms with Gasteiger partial charge in [0.1, 0.15) is 6.61 Å². The monoisotopic (exact) mass is 428 g/mol. The van der Waals surface area contributed by atoms with Gasteiger partial charge in [0.15, 0.2) is 0 Å². The van der Waals surface area contributed by atoms with Crippen LogP contribution in [0.4, 0.5) is 4.79 Å². The first-order valence-corrected chi connectivity index (χ1v) is 10.8. The van der Waals surface area contributed by atoms with Crippen LogP contribution in [0.15, 0.2) is 35.8 Å². The number of nitrogens with one attached hydrogen (secondary N) is 1. The van der Waals surface area contributed by atoms with E-state index in [0.717, 1.165) is 26.6 Å². The molecule has 1 fully saturated rings. The van der Waals surface area contributed by atoms with Gasteiger partial charge in [0.2, 0.25) is 0 Å². The molecule has 1 aliphatic heterocycles. The predicted molar refractivity (Wildman–Crippen MR) is 120 cm³/mol. The summed E-state index contributed by atoms with van der Waals surface area (Å²) in [6.07, 6.45) is 1.51. The second-order valence-electron chi connectivity index (χ2n) is 8.41. The molecule has 6 nitrogen and oxygen atoms in total. The van der Waals surface area contributed by atoms with Crippen molar-refractivity contribution in [1.82, 2.24) is 10.3 Å². The zero-order valence-corrected chi connectivity index (χ0v) is 19.3. The van der Waals surface area contributed by atoms with Gasteiger partial charge in [-0.25, -0.2) is 9.78 Å². The molecule has 2 aromatic rings. The Hall–Kier alpha value is -2.16. The summed E-state index contributed by atoms with van der Waals surface area (Å²) in [5, 5.41) is 3.81. The molecule has 160 valence electrons. The van der Waals surface area contributed by atoms with Crippen molar-refractivity contribution >= 4 is 30.6 Å². The van der Waals surface area contributed by atoms with E-state index in [4.69, 9.17) is 14.0 Å². The third-order valence-electron chi connectivity index (χ3n) is 5.46. The normalized spacial score (nSPS) is 17.8. The summed E-state index contributed by atoms with van der Waals surface area (Å²) in [6, 6.07) is 9.58. The molecule has 1 saturated heterocycles. The summed E-state index contributed by atoms with van der Waals surface area (Å²) in [4.78, 5) is 17.8. The molecule has 0 spiro atoms. The predicted octanol–water partition coefficient (Wildman–Crippen LogP) is 4.70. The van der Waals surface area contributed by atoms with Crippen LogP contribution in [-0.4, -0.2) is 35.9 Å². The Labute approximate surface area is 182 Å². The van der Waals surface area contributed by atoms with Gasteiger partial charge in [-0.3, -0.25) is 0 Å². The fourth-order valence-corrected chi connectivity index (χ4v) is 3.90. The average molecular weight is 428 g/mol. The van der Waals surface area contributed by atoms with Crippen LogP contribution in [0.1, 0.15) is 48.8 Å². The minimum absolute atomic E-state index is 0.218. The summed E-state index contributed by atoms with van der Waals surface area (Å²) in [5.41, 5.74) is 1.76. The van der Waals surface area contributed by atoms with Crippen molar-refractivity contribution in [3.63, 3.8) is 0 Å². The van der Waals surface area contributed by atoms with E-state index in [0.29, 0.717) is 0 Å². The molecule has 0 bridgehead atoms. The van der Waals surface area contributed by atoms with Gasteiger partial charge in [0, 0.05) is 11.4 Å². The van der Waals surface area contributed by atoms with Gasteiger partial charge in [-0.15, -0.1) is 11.3 Å². The lowest BCUT2D eigenvalue weighted by atomic mass is 9.77. The number of ether oxygens (including phenoxy) is 1. The molecular formula is C22H29BN2O4S. The maximum absolute atomic E-state index is 12.3. The van der Waals surface area contributed by atoms with Crippen LogP contribution in [-0.2, 0) is 20.7 Å². The van der Waals surface area contributed by atoms with Crippen molar-refractivity contribution in [1.29, 1.82) is 0 Å². The second-order valence-corrected chi connectivity index (χ2v) is 9.64. The molecule has 1 aromatic heterocycles. The molecule has 3 rings (SSSR count).